The molecule has 1 saturated carbocycles. The monoisotopic (exact) mass is 287 g/mol. The molecule has 4 unspecified atom stereocenters. The number of hydrogen-bond acceptors (Lipinski definition) is 3. The number of carbonyl (C=O) groups excluding carboxylic acids is 1. The van der Waals surface area contributed by atoms with Gasteiger partial charge in [-0.15, -0.1) is 0 Å². The van der Waals surface area contributed by atoms with Crippen LogP contribution in [0.1, 0.15) is 57.1 Å². The second-order valence-electron chi connectivity index (χ2n) is 6.46. The van der Waals surface area contributed by atoms with Gasteiger partial charge < -0.3 is 10.6 Å². The molecule has 2 heterocycles. The van der Waals surface area contributed by atoms with Crippen molar-refractivity contribution in [2.24, 2.45) is 5.92 Å². The molecular weight excluding hydrogens is 262 g/mol. The lowest BCUT2D eigenvalue weighted by atomic mass is 9.77. The van der Waals surface area contributed by atoms with E-state index in [0.29, 0.717) is 6.04 Å². The van der Waals surface area contributed by atoms with Gasteiger partial charge in [0.25, 0.3) is 0 Å². The van der Waals surface area contributed by atoms with Crippen molar-refractivity contribution in [3.8, 4) is 0 Å². The van der Waals surface area contributed by atoms with Crippen LogP contribution >= 0.6 is 0 Å². The molecule has 1 aliphatic carbocycles. The Morgan fingerprint density at radius 1 is 1.24 bits per heavy atom. The van der Waals surface area contributed by atoms with Crippen LogP contribution in [0, 0.1) is 5.92 Å². The highest BCUT2D eigenvalue weighted by Crippen LogP contribution is 2.32. The van der Waals surface area contributed by atoms with Gasteiger partial charge in [-0.25, -0.2) is 0 Å². The van der Waals surface area contributed by atoms with Crippen LogP contribution in [-0.4, -0.2) is 23.0 Å². The molecule has 1 aromatic heterocycles. The van der Waals surface area contributed by atoms with E-state index in [4.69, 9.17) is 0 Å². The molecule has 1 amide bonds. The van der Waals surface area contributed by atoms with Crippen molar-refractivity contribution in [2.75, 3.05) is 0 Å². The van der Waals surface area contributed by atoms with Gasteiger partial charge in [-0.05, 0) is 56.2 Å². The Hall–Kier alpha value is -1.42. The van der Waals surface area contributed by atoms with E-state index in [0.717, 1.165) is 17.9 Å². The molecule has 21 heavy (non-hydrogen) atoms. The molecule has 3 rings (SSSR count). The van der Waals surface area contributed by atoms with E-state index in [9.17, 15) is 4.79 Å². The summed E-state index contributed by atoms with van der Waals surface area (Å²) in [6, 6.07) is 4.48. The third-order valence-corrected chi connectivity index (χ3v) is 5.03. The van der Waals surface area contributed by atoms with Crippen LogP contribution in [-0.2, 0) is 4.79 Å². The lowest BCUT2D eigenvalue weighted by Gasteiger charge is -2.40. The molecule has 1 aromatic rings. The maximum Gasteiger partial charge on any atom is 0.237 e. The third kappa shape index (κ3) is 3.43. The lowest BCUT2D eigenvalue weighted by molar-refractivity contribution is -0.125. The summed E-state index contributed by atoms with van der Waals surface area (Å²) in [6.45, 7) is 2.03. The summed E-state index contributed by atoms with van der Waals surface area (Å²) in [4.78, 5) is 16.5. The highest BCUT2D eigenvalue weighted by Gasteiger charge is 2.34. The molecule has 1 aliphatic heterocycles. The first-order valence-corrected chi connectivity index (χ1v) is 8.20. The van der Waals surface area contributed by atoms with Gasteiger partial charge in [0.15, 0.2) is 0 Å². The van der Waals surface area contributed by atoms with Gasteiger partial charge in [-0.1, -0.05) is 12.8 Å². The van der Waals surface area contributed by atoms with Gasteiger partial charge in [-0.2, -0.15) is 0 Å². The zero-order chi connectivity index (χ0) is 14.7. The molecule has 0 spiro atoms. The molecule has 4 atom stereocenters. The smallest absolute Gasteiger partial charge is 0.237 e. The van der Waals surface area contributed by atoms with Crippen molar-refractivity contribution in [1.82, 2.24) is 15.6 Å². The van der Waals surface area contributed by atoms with Gasteiger partial charge in [-0.3, -0.25) is 9.78 Å². The van der Waals surface area contributed by atoms with Crippen LogP contribution < -0.4 is 10.6 Å². The Morgan fingerprint density at radius 2 is 2.00 bits per heavy atom. The summed E-state index contributed by atoms with van der Waals surface area (Å²) in [5.41, 5.74) is 1.10. The number of hydrogen-bond donors (Lipinski definition) is 2. The van der Waals surface area contributed by atoms with Crippen LogP contribution in [0.15, 0.2) is 24.5 Å². The van der Waals surface area contributed by atoms with Crippen molar-refractivity contribution in [2.45, 2.75) is 63.6 Å². The van der Waals surface area contributed by atoms with Crippen LogP contribution in [0.3, 0.4) is 0 Å². The van der Waals surface area contributed by atoms with Crippen molar-refractivity contribution >= 4 is 5.91 Å². The third-order valence-electron chi connectivity index (χ3n) is 5.03. The molecule has 1 saturated heterocycles. The Labute approximate surface area is 126 Å². The highest BCUT2D eigenvalue weighted by atomic mass is 16.2. The van der Waals surface area contributed by atoms with E-state index in [2.05, 4.69) is 15.6 Å². The number of rotatable bonds is 3. The largest absolute Gasteiger partial charge is 0.348 e. The second kappa shape index (κ2) is 6.56. The van der Waals surface area contributed by atoms with Gasteiger partial charge in [0.05, 0.1) is 12.1 Å². The summed E-state index contributed by atoms with van der Waals surface area (Å²) < 4.78 is 0. The maximum atomic E-state index is 12.5. The molecular formula is C17H25N3O. The van der Waals surface area contributed by atoms with Gasteiger partial charge in [0, 0.05) is 18.4 Å². The number of nitrogens with one attached hydrogen (secondary N) is 2. The molecule has 2 aliphatic rings. The zero-order valence-electron chi connectivity index (χ0n) is 12.7. The van der Waals surface area contributed by atoms with E-state index in [-0.39, 0.29) is 18.0 Å². The fraction of sp³-hybridized carbons (Fsp3) is 0.647. The van der Waals surface area contributed by atoms with Crippen molar-refractivity contribution in [3.05, 3.63) is 30.1 Å². The van der Waals surface area contributed by atoms with E-state index in [1.165, 1.54) is 32.1 Å². The van der Waals surface area contributed by atoms with Crippen molar-refractivity contribution in [3.63, 3.8) is 0 Å². The number of fused-ring (bicyclic) bond motifs is 1. The van der Waals surface area contributed by atoms with Crippen LogP contribution in [0.25, 0.3) is 0 Å². The van der Waals surface area contributed by atoms with Crippen LogP contribution in [0.5, 0.6) is 0 Å². The average molecular weight is 287 g/mol. The topological polar surface area (TPSA) is 54.0 Å². The fourth-order valence-electron chi connectivity index (χ4n) is 3.75. The summed E-state index contributed by atoms with van der Waals surface area (Å²) in [5.74, 6) is 0.934. The van der Waals surface area contributed by atoms with E-state index in [1.54, 1.807) is 12.4 Å². The molecule has 2 N–H and O–H groups in total. The predicted octanol–water partition coefficient (Wildman–Crippen LogP) is 2.57. The summed E-state index contributed by atoms with van der Waals surface area (Å²) in [7, 11) is 0. The molecule has 0 aromatic carbocycles. The second-order valence-corrected chi connectivity index (χ2v) is 6.46. The lowest BCUT2D eigenvalue weighted by Crippen LogP contribution is -2.55. The summed E-state index contributed by atoms with van der Waals surface area (Å²) in [6.07, 6.45) is 10.9. The summed E-state index contributed by atoms with van der Waals surface area (Å²) in [5, 5.41) is 6.72. The van der Waals surface area contributed by atoms with Crippen LogP contribution in [0.2, 0.25) is 0 Å². The Balaban J connectivity index is 1.56. The minimum atomic E-state index is -0.0198. The zero-order valence-corrected chi connectivity index (χ0v) is 12.7. The minimum absolute atomic E-state index is 0.0198. The van der Waals surface area contributed by atoms with Crippen molar-refractivity contribution < 1.29 is 4.79 Å². The molecule has 114 valence electrons. The maximum absolute atomic E-state index is 12.5. The Kier molecular flexibility index (Phi) is 4.54. The normalized spacial score (nSPS) is 30.2. The first-order valence-electron chi connectivity index (χ1n) is 8.20. The number of carbonyl (C=O) groups is 1. The highest BCUT2D eigenvalue weighted by molar-refractivity contribution is 5.82. The van der Waals surface area contributed by atoms with Gasteiger partial charge in [0.2, 0.25) is 5.91 Å². The number of nitrogens with zero attached hydrogens (tertiary/aromatic N) is 1. The standard InChI is InChI=1S/C17H25N3O/c1-12(13-8-10-18-11-9-13)19-17(21)16-7-6-14-4-2-3-5-15(14)20-16/h8-12,14-16,20H,2-7H2,1H3,(H,19,21). The quantitative estimate of drug-likeness (QED) is 0.898. The Morgan fingerprint density at radius 3 is 2.81 bits per heavy atom. The number of amides is 1. The molecule has 0 bridgehead atoms. The van der Waals surface area contributed by atoms with Crippen molar-refractivity contribution in [1.29, 1.82) is 0 Å². The molecule has 4 heteroatoms. The van der Waals surface area contributed by atoms with E-state index < -0.39 is 0 Å². The average Bonchev–Trinajstić information content (AvgIpc) is 2.55. The Bertz CT molecular complexity index is 476. The molecule has 4 nitrogen and oxygen atoms in total. The number of aromatic nitrogens is 1. The van der Waals surface area contributed by atoms with Gasteiger partial charge in [0.1, 0.15) is 0 Å². The predicted molar refractivity (Wildman–Crippen MR) is 82.7 cm³/mol. The molecule has 2 fully saturated rings. The fourth-order valence-corrected chi connectivity index (χ4v) is 3.75. The minimum Gasteiger partial charge on any atom is -0.348 e. The van der Waals surface area contributed by atoms with E-state index in [1.807, 2.05) is 19.1 Å². The van der Waals surface area contributed by atoms with E-state index >= 15 is 0 Å². The SMILES string of the molecule is CC(NC(=O)C1CCC2CCCCC2N1)c1ccncc1. The number of piperidine rings is 1. The first-order chi connectivity index (χ1) is 10.2. The summed E-state index contributed by atoms with van der Waals surface area (Å²) >= 11 is 0. The van der Waals surface area contributed by atoms with Gasteiger partial charge >= 0.3 is 0 Å². The first kappa shape index (κ1) is 14.5. The van der Waals surface area contributed by atoms with Crippen LogP contribution in [0.4, 0.5) is 0 Å². The molecule has 0 radical (unpaired) electrons. The number of pyridine rings is 1.